The van der Waals surface area contributed by atoms with Crippen molar-refractivity contribution in [3.63, 3.8) is 0 Å². The number of ketones is 1. The molecule has 1 spiro atoms. The summed E-state index contributed by atoms with van der Waals surface area (Å²) < 4.78 is 6.00. The number of ether oxygens (including phenoxy) is 1. The lowest BCUT2D eigenvalue weighted by Gasteiger charge is -2.43. The first kappa shape index (κ1) is 12.4. The molecule has 16 heavy (non-hydrogen) atoms. The normalized spacial score (nSPS) is 29.2. The molecule has 0 aromatic carbocycles. The van der Waals surface area contributed by atoms with Gasteiger partial charge in [0.1, 0.15) is 5.78 Å². The first-order valence-corrected chi connectivity index (χ1v) is 7.66. The van der Waals surface area contributed by atoms with Crippen LogP contribution in [0, 0.1) is 5.92 Å². The second-order valence-electron chi connectivity index (χ2n) is 5.05. The summed E-state index contributed by atoms with van der Waals surface area (Å²) in [6.45, 7) is 2.88. The molecular formula is C13H22O2S. The topological polar surface area (TPSA) is 26.3 Å². The van der Waals surface area contributed by atoms with E-state index in [0.29, 0.717) is 5.78 Å². The first-order valence-electron chi connectivity index (χ1n) is 6.50. The lowest BCUT2D eigenvalue weighted by Crippen LogP contribution is -2.44. The summed E-state index contributed by atoms with van der Waals surface area (Å²) in [7, 11) is 0. The van der Waals surface area contributed by atoms with Crippen molar-refractivity contribution in [2.75, 3.05) is 18.1 Å². The summed E-state index contributed by atoms with van der Waals surface area (Å²) in [5.74, 6) is 3.17. The molecule has 0 aliphatic carbocycles. The molecule has 2 saturated heterocycles. The Morgan fingerprint density at radius 2 is 2.19 bits per heavy atom. The zero-order chi connectivity index (χ0) is 11.4. The molecule has 0 radical (unpaired) electrons. The largest absolute Gasteiger partial charge is 0.375 e. The molecule has 2 nitrogen and oxygen atoms in total. The van der Waals surface area contributed by atoms with E-state index in [4.69, 9.17) is 4.74 Å². The maximum Gasteiger partial charge on any atom is 0.136 e. The van der Waals surface area contributed by atoms with E-state index in [1.54, 1.807) is 0 Å². The van der Waals surface area contributed by atoms with Crippen LogP contribution in [0.5, 0.6) is 0 Å². The van der Waals surface area contributed by atoms with E-state index >= 15 is 0 Å². The maximum absolute atomic E-state index is 12.0. The SMILES string of the molecule is CCCC(=O)C1CCOC2(CCSCC2)C1. The smallest absolute Gasteiger partial charge is 0.136 e. The van der Waals surface area contributed by atoms with Gasteiger partial charge in [-0.15, -0.1) is 0 Å². The van der Waals surface area contributed by atoms with Gasteiger partial charge in [0.25, 0.3) is 0 Å². The third-order valence-corrected chi connectivity index (χ3v) is 4.83. The molecule has 0 aromatic rings. The van der Waals surface area contributed by atoms with Gasteiger partial charge in [-0.3, -0.25) is 4.79 Å². The maximum atomic E-state index is 12.0. The Balaban J connectivity index is 1.94. The van der Waals surface area contributed by atoms with Crippen molar-refractivity contribution in [3.05, 3.63) is 0 Å². The van der Waals surface area contributed by atoms with Crippen molar-refractivity contribution in [1.29, 1.82) is 0 Å². The Morgan fingerprint density at radius 3 is 2.88 bits per heavy atom. The molecule has 2 heterocycles. The average Bonchev–Trinajstić information content (AvgIpc) is 2.30. The number of hydrogen-bond acceptors (Lipinski definition) is 3. The quantitative estimate of drug-likeness (QED) is 0.761. The van der Waals surface area contributed by atoms with Gasteiger partial charge in [0.15, 0.2) is 0 Å². The van der Waals surface area contributed by atoms with E-state index in [1.807, 2.05) is 11.8 Å². The van der Waals surface area contributed by atoms with Gasteiger partial charge < -0.3 is 4.74 Å². The second kappa shape index (κ2) is 5.54. The summed E-state index contributed by atoms with van der Waals surface area (Å²) >= 11 is 2.02. The Hall–Kier alpha value is -0.0200. The highest BCUT2D eigenvalue weighted by Gasteiger charge is 2.40. The van der Waals surface area contributed by atoms with Crippen LogP contribution in [0.4, 0.5) is 0 Å². The minimum absolute atomic E-state index is 0.0670. The monoisotopic (exact) mass is 242 g/mol. The highest BCUT2D eigenvalue weighted by atomic mass is 32.2. The van der Waals surface area contributed by atoms with Crippen LogP contribution in [-0.4, -0.2) is 29.5 Å². The minimum Gasteiger partial charge on any atom is -0.375 e. The molecule has 1 atom stereocenters. The van der Waals surface area contributed by atoms with Crippen molar-refractivity contribution in [2.24, 2.45) is 5.92 Å². The molecule has 2 aliphatic rings. The zero-order valence-corrected chi connectivity index (χ0v) is 11.0. The van der Waals surface area contributed by atoms with Gasteiger partial charge >= 0.3 is 0 Å². The van der Waals surface area contributed by atoms with E-state index in [2.05, 4.69) is 6.92 Å². The fourth-order valence-corrected chi connectivity index (χ4v) is 4.08. The molecule has 2 rings (SSSR count). The van der Waals surface area contributed by atoms with Crippen molar-refractivity contribution < 1.29 is 9.53 Å². The molecule has 0 saturated carbocycles. The summed E-state index contributed by atoms with van der Waals surface area (Å²) in [6, 6.07) is 0. The third-order valence-electron chi connectivity index (χ3n) is 3.85. The van der Waals surface area contributed by atoms with E-state index in [9.17, 15) is 4.79 Å². The summed E-state index contributed by atoms with van der Waals surface area (Å²) in [6.07, 6.45) is 5.98. The summed E-state index contributed by atoms with van der Waals surface area (Å²) in [5, 5.41) is 0. The summed E-state index contributed by atoms with van der Waals surface area (Å²) in [4.78, 5) is 12.0. The van der Waals surface area contributed by atoms with Gasteiger partial charge in [0.05, 0.1) is 5.60 Å². The zero-order valence-electron chi connectivity index (χ0n) is 10.2. The molecule has 0 bridgehead atoms. The van der Waals surface area contributed by atoms with Crippen LogP contribution in [0.15, 0.2) is 0 Å². The predicted octanol–water partition coefficient (Wildman–Crippen LogP) is 3.05. The molecule has 92 valence electrons. The van der Waals surface area contributed by atoms with Crippen molar-refractivity contribution in [2.45, 2.75) is 51.0 Å². The number of hydrogen-bond donors (Lipinski definition) is 0. The van der Waals surface area contributed by atoms with Crippen LogP contribution < -0.4 is 0 Å². The minimum atomic E-state index is 0.0670. The molecule has 3 heteroatoms. The Morgan fingerprint density at radius 1 is 1.44 bits per heavy atom. The van der Waals surface area contributed by atoms with Crippen LogP contribution in [-0.2, 0) is 9.53 Å². The lowest BCUT2D eigenvalue weighted by atomic mass is 9.79. The fourth-order valence-electron chi connectivity index (χ4n) is 2.84. The molecule has 0 aromatic heterocycles. The van der Waals surface area contributed by atoms with Crippen LogP contribution in [0.2, 0.25) is 0 Å². The third kappa shape index (κ3) is 2.80. The average molecular weight is 242 g/mol. The second-order valence-corrected chi connectivity index (χ2v) is 6.27. The van der Waals surface area contributed by atoms with Gasteiger partial charge in [-0.05, 0) is 43.6 Å². The summed E-state index contributed by atoms with van der Waals surface area (Å²) in [5.41, 5.74) is 0.0670. The molecular weight excluding hydrogens is 220 g/mol. The number of carbonyl (C=O) groups is 1. The van der Waals surface area contributed by atoms with Crippen LogP contribution >= 0.6 is 11.8 Å². The number of carbonyl (C=O) groups excluding carboxylic acids is 1. The van der Waals surface area contributed by atoms with E-state index in [0.717, 1.165) is 45.1 Å². The Labute approximate surface area is 103 Å². The first-order chi connectivity index (χ1) is 7.76. The molecule has 0 N–H and O–H groups in total. The fraction of sp³-hybridized carbons (Fsp3) is 0.923. The number of rotatable bonds is 3. The van der Waals surface area contributed by atoms with E-state index < -0.39 is 0 Å². The van der Waals surface area contributed by atoms with Gasteiger partial charge in [-0.25, -0.2) is 0 Å². The van der Waals surface area contributed by atoms with Gasteiger partial charge in [-0.2, -0.15) is 11.8 Å². The van der Waals surface area contributed by atoms with Gasteiger partial charge in [0, 0.05) is 18.9 Å². The van der Waals surface area contributed by atoms with Gasteiger partial charge in [0.2, 0.25) is 0 Å². The molecule has 2 aliphatic heterocycles. The lowest BCUT2D eigenvalue weighted by molar-refractivity contribution is -0.138. The van der Waals surface area contributed by atoms with Crippen molar-refractivity contribution in [3.8, 4) is 0 Å². The van der Waals surface area contributed by atoms with E-state index in [-0.39, 0.29) is 11.5 Å². The van der Waals surface area contributed by atoms with Crippen LogP contribution in [0.3, 0.4) is 0 Å². The Bertz CT molecular complexity index is 241. The van der Waals surface area contributed by atoms with Crippen molar-refractivity contribution >= 4 is 17.5 Å². The molecule has 2 fully saturated rings. The van der Waals surface area contributed by atoms with Crippen LogP contribution in [0.1, 0.15) is 45.4 Å². The highest BCUT2D eigenvalue weighted by Crippen LogP contribution is 2.40. The molecule has 1 unspecified atom stereocenters. The predicted molar refractivity (Wildman–Crippen MR) is 67.9 cm³/mol. The highest BCUT2D eigenvalue weighted by molar-refractivity contribution is 7.99. The Kier molecular flexibility index (Phi) is 4.31. The standard InChI is InChI=1S/C13H22O2S/c1-2-3-12(14)11-4-7-15-13(10-11)5-8-16-9-6-13/h11H,2-10H2,1H3. The van der Waals surface area contributed by atoms with Crippen LogP contribution in [0.25, 0.3) is 0 Å². The molecule has 0 amide bonds. The van der Waals surface area contributed by atoms with Gasteiger partial charge in [-0.1, -0.05) is 6.92 Å². The van der Waals surface area contributed by atoms with Crippen molar-refractivity contribution in [1.82, 2.24) is 0 Å². The number of Topliss-reactive ketones (excluding diaryl/α,β-unsaturated/α-hetero) is 1. The number of thioether (sulfide) groups is 1. The van der Waals surface area contributed by atoms with E-state index in [1.165, 1.54) is 11.5 Å².